The van der Waals surface area contributed by atoms with Crippen molar-refractivity contribution in [2.24, 2.45) is 5.92 Å². The Morgan fingerprint density at radius 3 is 2.64 bits per heavy atom. The lowest BCUT2D eigenvalue weighted by Gasteiger charge is -2.37. The summed E-state index contributed by atoms with van der Waals surface area (Å²) in [6.45, 7) is 3.86. The molecule has 0 radical (unpaired) electrons. The number of carbonyl (C=O) groups is 2. The Bertz CT molecular complexity index is 628. The Morgan fingerprint density at radius 1 is 1.36 bits per heavy atom. The smallest absolute Gasteiger partial charge is 0.308 e. The molecule has 22 heavy (non-hydrogen) atoms. The van der Waals surface area contributed by atoms with Gasteiger partial charge in [-0.1, -0.05) is 0 Å². The van der Waals surface area contributed by atoms with Gasteiger partial charge in [-0.2, -0.15) is 0 Å². The zero-order chi connectivity index (χ0) is 16.4. The molecule has 0 unspecified atom stereocenters. The van der Waals surface area contributed by atoms with Gasteiger partial charge in [-0.25, -0.2) is 0 Å². The number of benzene rings is 1. The topological polar surface area (TPSA) is 101 Å². The molecule has 2 atom stereocenters. The molecule has 1 aliphatic rings. The maximum absolute atomic E-state index is 12.6. The number of aryl methyl sites for hydroxylation is 1. The molecule has 1 aliphatic heterocycles. The van der Waals surface area contributed by atoms with E-state index in [9.17, 15) is 24.8 Å². The molecule has 0 spiro atoms. The first-order chi connectivity index (χ1) is 10.3. The van der Waals surface area contributed by atoms with Crippen molar-refractivity contribution in [1.82, 2.24) is 4.90 Å². The predicted molar refractivity (Wildman–Crippen MR) is 78.7 cm³/mol. The summed E-state index contributed by atoms with van der Waals surface area (Å²) in [6.07, 6.45) is 1.15. The van der Waals surface area contributed by atoms with Crippen LogP contribution in [0.2, 0.25) is 0 Å². The molecule has 1 aromatic carbocycles. The second-order valence-electron chi connectivity index (χ2n) is 5.64. The molecule has 1 saturated heterocycles. The number of likely N-dealkylation sites (tertiary alicyclic amines) is 1. The Morgan fingerprint density at radius 2 is 2.05 bits per heavy atom. The second kappa shape index (κ2) is 6.13. The number of carboxylic acids is 1. The zero-order valence-electron chi connectivity index (χ0n) is 12.5. The molecule has 1 heterocycles. The lowest BCUT2D eigenvalue weighted by atomic mass is 9.89. The SMILES string of the molecule is Cc1cc(C(=O)N2CCC[C@@H](C(=O)O)[C@H]2C)cc([N+](=O)[O-])c1. The van der Waals surface area contributed by atoms with Crippen LogP contribution in [0.5, 0.6) is 0 Å². The van der Waals surface area contributed by atoms with E-state index >= 15 is 0 Å². The first-order valence-corrected chi connectivity index (χ1v) is 7.11. The van der Waals surface area contributed by atoms with Gasteiger partial charge in [0, 0.05) is 30.3 Å². The number of aliphatic carboxylic acids is 1. The van der Waals surface area contributed by atoms with Gasteiger partial charge in [-0.05, 0) is 38.3 Å². The Labute approximate surface area is 127 Å². The number of carboxylic acid groups (broad SMARTS) is 1. The van der Waals surface area contributed by atoms with E-state index in [1.165, 1.54) is 17.0 Å². The Balaban J connectivity index is 2.31. The lowest BCUT2D eigenvalue weighted by Crippen LogP contribution is -2.49. The van der Waals surface area contributed by atoms with Gasteiger partial charge >= 0.3 is 5.97 Å². The van der Waals surface area contributed by atoms with Crippen molar-refractivity contribution >= 4 is 17.6 Å². The minimum Gasteiger partial charge on any atom is -0.481 e. The van der Waals surface area contributed by atoms with Gasteiger partial charge < -0.3 is 10.0 Å². The maximum atomic E-state index is 12.6. The van der Waals surface area contributed by atoms with E-state index in [0.717, 1.165) is 0 Å². The fourth-order valence-electron chi connectivity index (χ4n) is 2.92. The van der Waals surface area contributed by atoms with Crippen LogP contribution in [0.3, 0.4) is 0 Å². The highest BCUT2D eigenvalue weighted by atomic mass is 16.6. The summed E-state index contributed by atoms with van der Waals surface area (Å²) in [5, 5.41) is 20.1. The van der Waals surface area contributed by atoms with E-state index in [0.29, 0.717) is 24.9 Å². The molecule has 0 saturated carbocycles. The second-order valence-corrected chi connectivity index (χ2v) is 5.64. The number of piperidine rings is 1. The molecule has 7 nitrogen and oxygen atoms in total. The number of amides is 1. The van der Waals surface area contributed by atoms with E-state index in [-0.39, 0.29) is 17.2 Å². The summed E-state index contributed by atoms with van der Waals surface area (Å²) < 4.78 is 0. The fraction of sp³-hybridized carbons (Fsp3) is 0.467. The van der Waals surface area contributed by atoms with E-state index in [4.69, 9.17) is 0 Å². The largest absolute Gasteiger partial charge is 0.481 e. The summed E-state index contributed by atoms with van der Waals surface area (Å²) >= 11 is 0. The highest BCUT2D eigenvalue weighted by Gasteiger charge is 2.35. The summed E-state index contributed by atoms with van der Waals surface area (Å²) in [7, 11) is 0. The zero-order valence-corrected chi connectivity index (χ0v) is 12.5. The highest BCUT2D eigenvalue weighted by molar-refractivity contribution is 5.95. The lowest BCUT2D eigenvalue weighted by molar-refractivity contribution is -0.384. The molecule has 1 N–H and O–H groups in total. The van der Waals surface area contributed by atoms with Crippen molar-refractivity contribution < 1.29 is 19.6 Å². The van der Waals surface area contributed by atoms with Gasteiger partial charge in [0.2, 0.25) is 0 Å². The molecule has 1 amide bonds. The molecule has 118 valence electrons. The van der Waals surface area contributed by atoms with Crippen molar-refractivity contribution in [3.63, 3.8) is 0 Å². The average Bonchev–Trinajstić information content (AvgIpc) is 2.45. The molecular formula is C15H18N2O5. The number of hydrogen-bond donors (Lipinski definition) is 1. The number of nitrogens with zero attached hydrogens (tertiary/aromatic N) is 2. The van der Waals surface area contributed by atoms with E-state index in [1.54, 1.807) is 19.9 Å². The molecule has 1 fully saturated rings. The van der Waals surface area contributed by atoms with Crippen molar-refractivity contribution in [1.29, 1.82) is 0 Å². The monoisotopic (exact) mass is 306 g/mol. The number of nitro groups is 1. The van der Waals surface area contributed by atoms with Crippen LogP contribution in [0.15, 0.2) is 18.2 Å². The van der Waals surface area contributed by atoms with E-state index < -0.39 is 22.9 Å². The van der Waals surface area contributed by atoms with Crippen LogP contribution < -0.4 is 0 Å². The molecule has 2 rings (SSSR count). The number of hydrogen-bond acceptors (Lipinski definition) is 4. The van der Waals surface area contributed by atoms with Crippen LogP contribution in [-0.2, 0) is 4.79 Å². The quantitative estimate of drug-likeness (QED) is 0.681. The standard InChI is InChI=1S/C15H18N2O5/c1-9-6-11(8-12(7-9)17(21)22)14(18)16-5-3-4-13(10(16)2)15(19)20/h6-8,10,13H,3-5H2,1-2H3,(H,19,20)/t10-,13-/m1/s1. The van der Waals surface area contributed by atoms with Gasteiger partial charge in [0.25, 0.3) is 11.6 Å². The number of rotatable bonds is 3. The summed E-state index contributed by atoms with van der Waals surface area (Å²) in [5.74, 6) is -1.87. The maximum Gasteiger partial charge on any atom is 0.308 e. The van der Waals surface area contributed by atoms with Gasteiger partial charge in [0.05, 0.1) is 10.8 Å². The van der Waals surface area contributed by atoms with Crippen LogP contribution >= 0.6 is 0 Å². The number of non-ortho nitro benzene ring substituents is 1. The normalized spacial score (nSPS) is 21.5. The predicted octanol–water partition coefficient (Wildman–Crippen LogP) is 2.23. The Hall–Kier alpha value is -2.44. The average molecular weight is 306 g/mol. The van der Waals surface area contributed by atoms with Crippen molar-refractivity contribution in [3.05, 3.63) is 39.4 Å². The van der Waals surface area contributed by atoms with Crippen LogP contribution in [0.25, 0.3) is 0 Å². The fourth-order valence-corrected chi connectivity index (χ4v) is 2.92. The third kappa shape index (κ3) is 3.08. The third-order valence-electron chi connectivity index (χ3n) is 4.09. The van der Waals surface area contributed by atoms with Crippen LogP contribution in [-0.4, -0.2) is 39.4 Å². The first-order valence-electron chi connectivity index (χ1n) is 7.11. The van der Waals surface area contributed by atoms with Crippen molar-refractivity contribution in [2.75, 3.05) is 6.54 Å². The molecule has 7 heteroatoms. The van der Waals surface area contributed by atoms with E-state index in [2.05, 4.69) is 0 Å². The molecule has 0 aliphatic carbocycles. The molecule has 0 aromatic heterocycles. The third-order valence-corrected chi connectivity index (χ3v) is 4.09. The molecular weight excluding hydrogens is 288 g/mol. The van der Waals surface area contributed by atoms with Gasteiger partial charge in [0.1, 0.15) is 0 Å². The van der Waals surface area contributed by atoms with Gasteiger partial charge in [0.15, 0.2) is 0 Å². The van der Waals surface area contributed by atoms with E-state index in [1.807, 2.05) is 0 Å². The summed E-state index contributed by atoms with van der Waals surface area (Å²) in [6, 6.07) is 3.80. The van der Waals surface area contributed by atoms with Gasteiger partial charge in [-0.15, -0.1) is 0 Å². The van der Waals surface area contributed by atoms with Crippen molar-refractivity contribution in [2.45, 2.75) is 32.7 Å². The number of carbonyl (C=O) groups excluding carboxylic acids is 1. The van der Waals surface area contributed by atoms with Crippen LogP contribution in [0.1, 0.15) is 35.7 Å². The van der Waals surface area contributed by atoms with Crippen LogP contribution in [0.4, 0.5) is 5.69 Å². The molecule has 1 aromatic rings. The Kier molecular flexibility index (Phi) is 4.44. The summed E-state index contributed by atoms with van der Waals surface area (Å²) in [4.78, 5) is 35.7. The summed E-state index contributed by atoms with van der Waals surface area (Å²) in [5.41, 5.74) is 0.712. The van der Waals surface area contributed by atoms with Crippen molar-refractivity contribution in [3.8, 4) is 0 Å². The number of nitro benzene ring substituents is 1. The highest BCUT2D eigenvalue weighted by Crippen LogP contribution is 2.26. The van der Waals surface area contributed by atoms with Crippen LogP contribution in [0, 0.1) is 23.0 Å². The first kappa shape index (κ1) is 15.9. The molecule has 0 bridgehead atoms. The minimum absolute atomic E-state index is 0.136. The van der Waals surface area contributed by atoms with Gasteiger partial charge in [-0.3, -0.25) is 19.7 Å². The minimum atomic E-state index is -0.916.